The molecule has 2 N–H and O–H groups in total. The maximum Gasteiger partial charge on any atom is 0.191 e. The molecule has 0 unspecified atom stereocenters. The number of hydrogen-bond acceptors (Lipinski definition) is 3. The van der Waals surface area contributed by atoms with Crippen LogP contribution in [0.4, 0.5) is 0 Å². The Kier molecular flexibility index (Phi) is 9.10. The zero-order chi connectivity index (χ0) is 13.8. The maximum absolute atomic E-state index is 5.30. The maximum atomic E-state index is 5.30. The highest BCUT2D eigenvalue weighted by Gasteiger charge is 1.98. The van der Waals surface area contributed by atoms with Gasteiger partial charge in [-0.3, -0.25) is 4.99 Å². The van der Waals surface area contributed by atoms with Crippen molar-refractivity contribution in [2.75, 3.05) is 32.8 Å². The molecule has 0 aliphatic rings. The van der Waals surface area contributed by atoms with E-state index in [-0.39, 0.29) is 0 Å². The van der Waals surface area contributed by atoms with Crippen molar-refractivity contribution in [1.82, 2.24) is 10.6 Å². The quantitative estimate of drug-likeness (QED) is 0.415. The van der Waals surface area contributed by atoms with Crippen molar-refractivity contribution in [1.29, 1.82) is 0 Å². The fourth-order valence-electron chi connectivity index (χ4n) is 1.60. The summed E-state index contributed by atoms with van der Waals surface area (Å²) in [4.78, 5) is 5.92. The Morgan fingerprint density at radius 3 is 2.95 bits per heavy atom. The molecule has 0 spiro atoms. The van der Waals surface area contributed by atoms with Gasteiger partial charge in [0, 0.05) is 37.7 Å². The number of aliphatic imine (C=N–C) groups is 1. The Morgan fingerprint density at radius 1 is 1.37 bits per heavy atom. The van der Waals surface area contributed by atoms with Crippen molar-refractivity contribution in [3.8, 4) is 0 Å². The van der Waals surface area contributed by atoms with Gasteiger partial charge in [-0.1, -0.05) is 6.07 Å². The second-order valence-electron chi connectivity index (χ2n) is 4.07. The van der Waals surface area contributed by atoms with E-state index < -0.39 is 0 Å². The number of ether oxygens (including phenoxy) is 1. The number of guanidine groups is 1. The fourth-order valence-corrected chi connectivity index (χ4v) is 2.31. The SMILES string of the molecule is CCNC(=NCCCOCC)NCCc1cccs1. The van der Waals surface area contributed by atoms with E-state index >= 15 is 0 Å². The highest BCUT2D eigenvalue weighted by molar-refractivity contribution is 7.09. The third kappa shape index (κ3) is 7.85. The van der Waals surface area contributed by atoms with Crippen molar-refractivity contribution >= 4 is 17.3 Å². The van der Waals surface area contributed by atoms with Gasteiger partial charge in [0.05, 0.1) is 0 Å². The summed E-state index contributed by atoms with van der Waals surface area (Å²) in [6, 6.07) is 4.26. The highest BCUT2D eigenvalue weighted by Crippen LogP contribution is 2.07. The summed E-state index contributed by atoms with van der Waals surface area (Å²) < 4.78 is 5.30. The Bertz CT molecular complexity index is 338. The lowest BCUT2D eigenvalue weighted by Gasteiger charge is -2.10. The first-order valence-corrected chi connectivity index (χ1v) is 7.87. The molecule has 0 saturated carbocycles. The molecule has 0 bridgehead atoms. The molecule has 4 nitrogen and oxygen atoms in total. The molecular weight excluding hydrogens is 258 g/mol. The van der Waals surface area contributed by atoms with Crippen LogP contribution in [0.3, 0.4) is 0 Å². The van der Waals surface area contributed by atoms with Crippen LogP contribution in [0.5, 0.6) is 0 Å². The molecule has 0 atom stereocenters. The summed E-state index contributed by atoms with van der Waals surface area (Å²) in [5, 5.41) is 8.72. The zero-order valence-electron chi connectivity index (χ0n) is 11.9. The largest absolute Gasteiger partial charge is 0.382 e. The van der Waals surface area contributed by atoms with Crippen LogP contribution in [-0.2, 0) is 11.2 Å². The third-order valence-electron chi connectivity index (χ3n) is 2.51. The second-order valence-corrected chi connectivity index (χ2v) is 5.10. The molecular formula is C14H25N3OS. The van der Waals surface area contributed by atoms with Gasteiger partial charge in [0.1, 0.15) is 0 Å². The minimum absolute atomic E-state index is 0.781. The fraction of sp³-hybridized carbons (Fsp3) is 0.643. The van der Waals surface area contributed by atoms with E-state index in [4.69, 9.17) is 4.74 Å². The van der Waals surface area contributed by atoms with E-state index in [1.807, 2.05) is 6.92 Å². The molecule has 1 aromatic rings. The van der Waals surface area contributed by atoms with Crippen LogP contribution in [-0.4, -0.2) is 38.8 Å². The monoisotopic (exact) mass is 283 g/mol. The van der Waals surface area contributed by atoms with Crippen LogP contribution in [0.1, 0.15) is 25.1 Å². The molecule has 1 rings (SSSR count). The van der Waals surface area contributed by atoms with Gasteiger partial charge >= 0.3 is 0 Å². The Morgan fingerprint density at radius 2 is 2.26 bits per heavy atom. The third-order valence-corrected chi connectivity index (χ3v) is 3.45. The summed E-state index contributed by atoms with van der Waals surface area (Å²) in [6.07, 6.45) is 2.01. The van der Waals surface area contributed by atoms with Gasteiger partial charge in [0.2, 0.25) is 0 Å². The molecule has 0 amide bonds. The van der Waals surface area contributed by atoms with Crippen LogP contribution in [0.2, 0.25) is 0 Å². The van der Waals surface area contributed by atoms with Crippen molar-refractivity contribution in [2.24, 2.45) is 4.99 Å². The molecule has 0 saturated heterocycles. The van der Waals surface area contributed by atoms with Gasteiger partial charge in [0.15, 0.2) is 5.96 Å². The molecule has 5 heteroatoms. The van der Waals surface area contributed by atoms with Crippen LogP contribution < -0.4 is 10.6 Å². The van der Waals surface area contributed by atoms with E-state index in [9.17, 15) is 0 Å². The van der Waals surface area contributed by atoms with E-state index in [1.54, 1.807) is 11.3 Å². The first-order valence-electron chi connectivity index (χ1n) is 6.99. The molecule has 0 aromatic carbocycles. The minimum Gasteiger partial charge on any atom is -0.382 e. The molecule has 19 heavy (non-hydrogen) atoms. The van der Waals surface area contributed by atoms with E-state index in [0.717, 1.165) is 51.6 Å². The van der Waals surface area contributed by atoms with Gasteiger partial charge < -0.3 is 15.4 Å². The van der Waals surface area contributed by atoms with Crippen molar-refractivity contribution in [3.63, 3.8) is 0 Å². The Hall–Kier alpha value is -1.07. The number of nitrogens with one attached hydrogen (secondary N) is 2. The normalized spacial score (nSPS) is 11.6. The molecule has 0 aliphatic carbocycles. The van der Waals surface area contributed by atoms with Crippen molar-refractivity contribution in [2.45, 2.75) is 26.7 Å². The highest BCUT2D eigenvalue weighted by atomic mass is 32.1. The van der Waals surface area contributed by atoms with Gasteiger partial charge in [-0.15, -0.1) is 11.3 Å². The Labute approximate surface area is 120 Å². The average molecular weight is 283 g/mol. The molecule has 108 valence electrons. The average Bonchev–Trinajstić information content (AvgIpc) is 2.91. The number of thiophene rings is 1. The van der Waals surface area contributed by atoms with Gasteiger partial charge in [-0.2, -0.15) is 0 Å². The lowest BCUT2D eigenvalue weighted by atomic mass is 10.3. The predicted octanol–water partition coefficient (Wildman–Crippen LogP) is 2.27. The lowest BCUT2D eigenvalue weighted by Crippen LogP contribution is -2.38. The van der Waals surface area contributed by atoms with Crippen LogP contribution in [0, 0.1) is 0 Å². The predicted molar refractivity (Wildman–Crippen MR) is 83.1 cm³/mol. The molecule has 0 radical (unpaired) electrons. The summed E-state index contributed by atoms with van der Waals surface area (Å²) >= 11 is 1.80. The van der Waals surface area contributed by atoms with Gasteiger partial charge in [0.25, 0.3) is 0 Å². The van der Waals surface area contributed by atoms with Gasteiger partial charge in [-0.05, 0) is 38.1 Å². The zero-order valence-corrected chi connectivity index (χ0v) is 12.8. The summed E-state index contributed by atoms with van der Waals surface area (Å²) in [5.74, 6) is 0.899. The standard InChI is InChI=1S/C14H25N3OS/c1-3-15-14(16-9-6-11-18-4-2)17-10-8-13-7-5-12-19-13/h5,7,12H,3-4,6,8-11H2,1-2H3,(H2,15,16,17). The minimum atomic E-state index is 0.781. The molecule has 1 aromatic heterocycles. The smallest absolute Gasteiger partial charge is 0.191 e. The Balaban J connectivity index is 2.20. The summed E-state index contributed by atoms with van der Waals surface area (Å²) in [5.41, 5.74) is 0. The molecule has 1 heterocycles. The first kappa shape index (κ1) is 16.0. The van der Waals surface area contributed by atoms with Crippen molar-refractivity contribution < 1.29 is 4.74 Å². The summed E-state index contributed by atoms with van der Waals surface area (Å²) in [7, 11) is 0. The number of hydrogen-bond donors (Lipinski definition) is 2. The lowest BCUT2D eigenvalue weighted by molar-refractivity contribution is 0.146. The topological polar surface area (TPSA) is 45.7 Å². The van der Waals surface area contributed by atoms with Crippen LogP contribution in [0.15, 0.2) is 22.5 Å². The second kappa shape index (κ2) is 10.8. The van der Waals surface area contributed by atoms with E-state index in [0.29, 0.717) is 0 Å². The van der Waals surface area contributed by atoms with Gasteiger partial charge in [-0.25, -0.2) is 0 Å². The number of nitrogens with zero attached hydrogens (tertiary/aromatic N) is 1. The van der Waals surface area contributed by atoms with E-state index in [1.165, 1.54) is 4.88 Å². The molecule has 0 aliphatic heterocycles. The first-order chi connectivity index (χ1) is 9.36. The van der Waals surface area contributed by atoms with Crippen molar-refractivity contribution in [3.05, 3.63) is 22.4 Å². The van der Waals surface area contributed by atoms with E-state index in [2.05, 4.69) is 40.1 Å². The number of rotatable bonds is 9. The summed E-state index contributed by atoms with van der Waals surface area (Å²) in [6.45, 7) is 8.26. The molecule has 0 fully saturated rings. The van der Waals surface area contributed by atoms with Crippen LogP contribution >= 0.6 is 11.3 Å². The van der Waals surface area contributed by atoms with Crippen LogP contribution in [0.25, 0.3) is 0 Å².